The third kappa shape index (κ3) is 4.11. The van der Waals surface area contributed by atoms with Crippen LogP contribution in [0, 0.1) is 0 Å². The number of rotatable bonds is 5. The Hall–Kier alpha value is -2.55. The molecule has 1 aromatic carbocycles. The number of cyclic esters (lactones) is 1. The molecule has 2 amide bonds. The molecular weight excluding hydrogens is 485 g/mol. The zero-order chi connectivity index (χ0) is 23.3. The molecule has 1 aliphatic carbocycles. The van der Waals surface area contributed by atoms with Gasteiger partial charge in [-0.3, -0.25) is 14.4 Å². The number of amides is 2. The van der Waals surface area contributed by atoms with Crippen LogP contribution < -0.4 is 5.32 Å². The van der Waals surface area contributed by atoms with Crippen molar-refractivity contribution < 1.29 is 19.1 Å². The van der Waals surface area contributed by atoms with E-state index in [1.165, 1.54) is 11.3 Å². The molecule has 3 atom stereocenters. The molecule has 172 valence electrons. The number of likely N-dealkylation sites (N-methyl/N-ethyl adjacent to an activating group) is 1. The Morgan fingerprint density at radius 3 is 2.82 bits per heavy atom. The van der Waals surface area contributed by atoms with Crippen LogP contribution in [-0.4, -0.2) is 46.9 Å². The number of hydrogen-bond acceptors (Lipinski definition) is 5. The van der Waals surface area contributed by atoms with Crippen LogP contribution in [0.2, 0.25) is 9.36 Å². The van der Waals surface area contributed by atoms with E-state index in [9.17, 15) is 14.4 Å². The van der Waals surface area contributed by atoms with Crippen molar-refractivity contribution in [3.8, 4) is 0 Å². The summed E-state index contributed by atoms with van der Waals surface area (Å²) in [4.78, 5) is 42.3. The van der Waals surface area contributed by atoms with Gasteiger partial charge in [0.05, 0.1) is 33.7 Å². The summed E-state index contributed by atoms with van der Waals surface area (Å²) >= 11 is 13.6. The maximum atomic E-state index is 13.0. The molecule has 2 N–H and O–H groups in total. The van der Waals surface area contributed by atoms with E-state index in [4.69, 9.17) is 27.9 Å². The zero-order valence-electron chi connectivity index (χ0n) is 17.7. The number of esters is 1. The molecule has 1 fully saturated rings. The summed E-state index contributed by atoms with van der Waals surface area (Å²) in [6, 6.07) is 9.08. The Bertz CT molecular complexity index is 1270. The average Bonchev–Trinajstić information content (AvgIpc) is 3.52. The summed E-state index contributed by atoms with van der Waals surface area (Å²) in [6.07, 6.45) is 0.608. The number of fused-ring (bicyclic) bond motifs is 2. The number of benzene rings is 1. The first-order valence-corrected chi connectivity index (χ1v) is 12.2. The van der Waals surface area contributed by atoms with Crippen molar-refractivity contribution in [1.82, 2.24) is 15.2 Å². The highest BCUT2D eigenvalue weighted by molar-refractivity contribution is 7.23. The molecule has 2 aromatic heterocycles. The van der Waals surface area contributed by atoms with Crippen molar-refractivity contribution >= 4 is 62.5 Å². The van der Waals surface area contributed by atoms with Crippen molar-refractivity contribution in [3.05, 3.63) is 56.5 Å². The van der Waals surface area contributed by atoms with Crippen LogP contribution in [-0.2, 0) is 32.0 Å². The number of aromatic amines is 1. The van der Waals surface area contributed by atoms with Crippen molar-refractivity contribution in [1.29, 1.82) is 0 Å². The number of carbonyl (C=O) groups is 3. The van der Waals surface area contributed by atoms with E-state index in [0.29, 0.717) is 22.2 Å². The van der Waals surface area contributed by atoms with Gasteiger partial charge >= 0.3 is 5.97 Å². The highest BCUT2D eigenvalue weighted by Crippen LogP contribution is 2.39. The molecule has 3 heterocycles. The maximum Gasteiger partial charge on any atom is 0.306 e. The fraction of sp³-hybridized carbons (Fsp3) is 0.348. The summed E-state index contributed by atoms with van der Waals surface area (Å²) in [5, 5.41) is 3.57. The number of nitrogens with zero attached hydrogens (tertiary/aromatic N) is 1. The predicted octanol–water partition coefficient (Wildman–Crippen LogP) is 4.02. The molecule has 1 aliphatic heterocycles. The molecule has 0 saturated carbocycles. The second-order valence-electron chi connectivity index (χ2n) is 8.39. The molecule has 2 aliphatic rings. The van der Waals surface area contributed by atoms with Crippen LogP contribution in [0.4, 0.5) is 0 Å². The molecule has 33 heavy (non-hydrogen) atoms. The highest BCUT2D eigenvalue weighted by atomic mass is 35.5. The second-order valence-corrected chi connectivity index (χ2v) is 10.4. The largest absolute Gasteiger partial charge is 0.452 e. The molecule has 0 spiro atoms. The van der Waals surface area contributed by atoms with Crippen molar-refractivity contribution in [2.24, 2.45) is 0 Å². The van der Waals surface area contributed by atoms with E-state index in [1.807, 2.05) is 30.3 Å². The minimum Gasteiger partial charge on any atom is -0.452 e. The topological polar surface area (TPSA) is 91.5 Å². The van der Waals surface area contributed by atoms with E-state index in [0.717, 1.165) is 27.0 Å². The lowest BCUT2D eigenvalue weighted by Gasteiger charge is -2.32. The number of hydrogen-bond donors (Lipinski definition) is 2. The molecule has 3 aromatic rings. The Morgan fingerprint density at radius 1 is 1.30 bits per heavy atom. The minimum atomic E-state index is -0.768. The molecule has 10 heteroatoms. The molecule has 7 nitrogen and oxygen atoms in total. The number of ether oxygens (including phenoxy) is 1. The van der Waals surface area contributed by atoms with E-state index in [2.05, 4.69) is 10.3 Å². The van der Waals surface area contributed by atoms with Crippen molar-refractivity contribution in [3.63, 3.8) is 0 Å². The van der Waals surface area contributed by atoms with E-state index in [1.54, 1.807) is 11.9 Å². The van der Waals surface area contributed by atoms with Gasteiger partial charge in [0.25, 0.3) is 5.91 Å². The quantitative estimate of drug-likeness (QED) is 0.512. The molecular formula is C23H21Cl2N3O4S. The summed E-state index contributed by atoms with van der Waals surface area (Å²) < 4.78 is 6.60. The predicted molar refractivity (Wildman–Crippen MR) is 127 cm³/mol. The Labute approximate surface area is 204 Å². The third-order valence-electron chi connectivity index (χ3n) is 6.25. The first-order chi connectivity index (χ1) is 15.8. The fourth-order valence-electron chi connectivity index (χ4n) is 4.74. The van der Waals surface area contributed by atoms with Gasteiger partial charge in [-0.25, -0.2) is 0 Å². The number of halogens is 2. The third-order valence-corrected chi connectivity index (χ3v) is 8.18. The van der Waals surface area contributed by atoms with E-state index >= 15 is 0 Å². The fourth-order valence-corrected chi connectivity index (χ4v) is 6.25. The highest BCUT2D eigenvalue weighted by Gasteiger charge is 2.41. The molecule has 0 radical (unpaired) electrons. The maximum absolute atomic E-state index is 13.0. The van der Waals surface area contributed by atoms with E-state index < -0.39 is 6.10 Å². The van der Waals surface area contributed by atoms with Crippen LogP contribution in [0.1, 0.15) is 35.7 Å². The number of aromatic nitrogens is 1. The SMILES string of the molecule is CN(C(=O)[C@@H]1CCC(=O)O1)[C@@H]1c2ccccc2C[C@H]1NC(=O)Cc1cc2sc(Cl)c(Cl)c2[nH]1. The smallest absolute Gasteiger partial charge is 0.306 e. The van der Waals surface area contributed by atoms with Crippen molar-refractivity contribution in [2.45, 2.75) is 43.9 Å². The lowest BCUT2D eigenvalue weighted by atomic mass is 10.0. The number of carbonyl (C=O) groups excluding carboxylic acids is 3. The minimum absolute atomic E-state index is 0.146. The summed E-state index contributed by atoms with van der Waals surface area (Å²) in [6.45, 7) is 0. The van der Waals surface area contributed by atoms with Gasteiger partial charge in [-0.2, -0.15) is 0 Å². The lowest BCUT2D eigenvalue weighted by molar-refractivity contribution is -0.153. The van der Waals surface area contributed by atoms with Gasteiger partial charge in [-0.15, -0.1) is 11.3 Å². The first kappa shape index (κ1) is 22.3. The van der Waals surface area contributed by atoms with Crippen LogP contribution in [0.3, 0.4) is 0 Å². The van der Waals surface area contributed by atoms with E-state index in [-0.39, 0.29) is 42.7 Å². The van der Waals surface area contributed by atoms with Crippen LogP contribution in [0.15, 0.2) is 30.3 Å². The van der Waals surface area contributed by atoms with Crippen LogP contribution >= 0.6 is 34.5 Å². The van der Waals surface area contributed by atoms with Gasteiger partial charge < -0.3 is 19.9 Å². The van der Waals surface area contributed by atoms with Crippen LogP contribution in [0.5, 0.6) is 0 Å². The average molecular weight is 506 g/mol. The standard InChI is InChI=1S/C23H21Cl2N3O4S/c1-28(23(31)15-6-7-18(30)32-15)21-13-5-3-2-4-11(13)8-14(21)27-17(29)10-12-9-16-20(26-12)19(24)22(25)33-16/h2-5,9,14-15,21,26H,6-8,10H2,1H3,(H,27,29)/t14-,15+,21-/m1/s1. The summed E-state index contributed by atoms with van der Waals surface area (Å²) in [5.41, 5.74) is 3.54. The molecule has 5 rings (SSSR count). The van der Waals surface area contributed by atoms with Gasteiger partial charge in [0.1, 0.15) is 4.34 Å². The van der Waals surface area contributed by atoms with Gasteiger partial charge in [-0.05, 0) is 23.6 Å². The molecule has 0 unspecified atom stereocenters. The zero-order valence-corrected chi connectivity index (χ0v) is 20.0. The van der Waals surface area contributed by atoms with Gasteiger partial charge in [0, 0.05) is 25.6 Å². The Morgan fingerprint density at radius 2 is 2.09 bits per heavy atom. The second kappa shape index (κ2) is 8.66. The van der Waals surface area contributed by atoms with Gasteiger partial charge in [-0.1, -0.05) is 47.5 Å². The van der Waals surface area contributed by atoms with Gasteiger partial charge in [0.15, 0.2) is 6.10 Å². The summed E-state index contributed by atoms with van der Waals surface area (Å²) in [7, 11) is 1.70. The van der Waals surface area contributed by atoms with Gasteiger partial charge in [0.2, 0.25) is 5.91 Å². The first-order valence-electron chi connectivity index (χ1n) is 10.6. The van der Waals surface area contributed by atoms with Crippen molar-refractivity contribution in [2.75, 3.05) is 7.05 Å². The number of thiophene rings is 1. The lowest BCUT2D eigenvalue weighted by Crippen LogP contribution is -2.48. The summed E-state index contributed by atoms with van der Waals surface area (Å²) in [5.74, 6) is -0.773. The molecule has 1 saturated heterocycles. The Balaban J connectivity index is 1.33. The monoisotopic (exact) mass is 505 g/mol. The Kier molecular flexibility index (Phi) is 5.84. The number of nitrogens with one attached hydrogen (secondary N) is 2. The number of H-pyrrole nitrogens is 1. The molecule has 0 bridgehead atoms. The normalized spacial score (nSPS) is 21.8. The van der Waals surface area contributed by atoms with Crippen LogP contribution in [0.25, 0.3) is 10.2 Å².